The summed E-state index contributed by atoms with van der Waals surface area (Å²) < 4.78 is 27.6. The molecule has 0 spiro atoms. The summed E-state index contributed by atoms with van der Waals surface area (Å²) in [6.45, 7) is 2.50. The van der Waals surface area contributed by atoms with Gasteiger partial charge in [0.15, 0.2) is 0 Å². The predicted octanol–water partition coefficient (Wildman–Crippen LogP) is 4.47. The molecule has 0 bridgehead atoms. The third-order valence-corrected chi connectivity index (χ3v) is 7.28. The summed E-state index contributed by atoms with van der Waals surface area (Å²) in [6.07, 6.45) is 3.46. The van der Waals surface area contributed by atoms with Crippen LogP contribution in [0.2, 0.25) is 5.02 Å². The molecule has 5 nitrogen and oxygen atoms in total. The van der Waals surface area contributed by atoms with Gasteiger partial charge in [-0.25, -0.2) is 8.42 Å². The number of carbonyl (C=O) groups is 1. The molecule has 3 rings (SSSR count). The zero-order chi connectivity index (χ0) is 20.1. The van der Waals surface area contributed by atoms with E-state index < -0.39 is 10.0 Å². The van der Waals surface area contributed by atoms with Crippen molar-refractivity contribution in [3.8, 4) is 0 Å². The van der Waals surface area contributed by atoms with E-state index in [0.717, 1.165) is 24.9 Å². The summed E-state index contributed by atoms with van der Waals surface area (Å²) in [5.74, 6) is -0.174. The number of carbonyl (C=O) groups excluding carboxylic acids is 1. The van der Waals surface area contributed by atoms with Crippen LogP contribution >= 0.6 is 11.6 Å². The first kappa shape index (κ1) is 20.8. The fourth-order valence-electron chi connectivity index (χ4n) is 3.49. The van der Waals surface area contributed by atoms with Gasteiger partial charge in [0.05, 0.1) is 4.90 Å². The highest BCUT2D eigenvalue weighted by Crippen LogP contribution is 2.28. The smallest absolute Gasteiger partial charge is 0.243 e. The highest BCUT2D eigenvalue weighted by atomic mass is 35.5. The van der Waals surface area contributed by atoms with Crippen molar-refractivity contribution >= 4 is 33.2 Å². The average molecular weight is 421 g/mol. The molecular formula is C21H25ClN2O3S. The van der Waals surface area contributed by atoms with Crippen molar-refractivity contribution < 1.29 is 13.2 Å². The second-order valence-corrected chi connectivity index (χ2v) is 9.35. The second kappa shape index (κ2) is 9.07. The number of sulfonamides is 1. The number of hydrogen-bond donors (Lipinski definition) is 1. The minimum absolute atomic E-state index is 0.141. The Balaban J connectivity index is 1.71. The first-order valence-electron chi connectivity index (χ1n) is 9.56. The Labute approximate surface area is 171 Å². The molecule has 0 aromatic heterocycles. The van der Waals surface area contributed by atoms with Crippen LogP contribution in [-0.2, 0) is 21.2 Å². The van der Waals surface area contributed by atoms with E-state index in [1.54, 1.807) is 12.1 Å². The van der Waals surface area contributed by atoms with E-state index in [1.807, 2.05) is 24.3 Å². The molecule has 1 fully saturated rings. The van der Waals surface area contributed by atoms with Gasteiger partial charge in [0.1, 0.15) is 0 Å². The third kappa shape index (κ3) is 4.93. The summed E-state index contributed by atoms with van der Waals surface area (Å²) in [4.78, 5) is 12.7. The lowest BCUT2D eigenvalue weighted by Crippen LogP contribution is -2.45. The minimum Gasteiger partial charge on any atom is -0.326 e. The highest BCUT2D eigenvalue weighted by Gasteiger charge is 2.34. The Hall–Kier alpha value is -1.89. The largest absolute Gasteiger partial charge is 0.326 e. The van der Waals surface area contributed by atoms with Gasteiger partial charge in [-0.1, -0.05) is 37.1 Å². The Morgan fingerprint density at radius 3 is 2.43 bits per heavy atom. The summed E-state index contributed by atoms with van der Waals surface area (Å²) in [5, 5.41) is 3.37. The van der Waals surface area contributed by atoms with Gasteiger partial charge in [0.25, 0.3) is 0 Å². The van der Waals surface area contributed by atoms with Crippen LogP contribution in [0.3, 0.4) is 0 Å². The lowest BCUT2D eigenvalue weighted by Gasteiger charge is -2.34. The van der Waals surface area contributed by atoms with Gasteiger partial charge in [-0.05, 0) is 61.2 Å². The molecule has 7 heteroatoms. The van der Waals surface area contributed by atoms with E-state index in [2.05, 4.69) is 12.2 Å². The number of amides is 1. The van der Waals surface area contributed by atoms with Crippen LogP contribution in [0.1, 0.15) is 38.2 Å². The van der Waals surface area contributed by atoms with Crippen molar-refractivity contribution in [2.45, 2.75) is 50.0 Å². The Morgan fingerprint density at radius 2 is 1.79 bits per heavy atom. The monoisotopic (exact) mass is 420 g/mol. The molecule has 1 aliphatic heterocycles. The molecule has 1 atom stereocenters. The van der Waals surface area contributed by atoms with Crippen molar-refractivity contribution in [1.29, 1.82) is 0 Å². The average Bonchev–Trinajstić information content (AvgIpc) is 2.69. The van der Waals surface area contributed by atoms with E-state index in [4.69, 9.17) is 11.6 Å². The molecule has 2 aromatic carbocycles. The van der Waals surface area contributed by atoms with Crippen molar-refractivity contribution in [2.75, 3.05) is 11.9 Å². The van der Waals surface area contributed by atoms with Gasteiger partial charge < -0.3 is 5.32 Å². The number of hydrogen-bond acceptors (Lipinski definition) is 3. The SMILES string of the molecule is CCc1ccc(NC(=O)C[C@@H]2CCCCN2S(=O)(=O)c2ccc(Cl)cc2)cc1. The maximum atomic E-state index is 13.1. The van der Waals surface area contributed by atoms with Crippen molar-refractivity contribution in [1.82, 2.24) is 4.31 Å². The fraction of sp³-hybridized carbons (Fsp3) is 0.381. The first-order valence-corrected chi connectivity index (χ1v) is 11.4. The summed E-state index contributed by atoms with van der Waals surface area (Å²) in [6, 6.07) is 13.5. The van der Waals surface area contributed by atoms with Crippen LogP contribution in [0.25, 0.3) is 0 Å². The number of nitrogens with one attached hydrogen (secondary N) is 1. The minimum atomic E-state index is -3.66. The first-order chi connectivity index (χ1) is 13.4. The molecule has 0 radical (unpaired) electrons. The number of anilines is 1. The van der Waals surface area contributed by atoms with E-state index in [1.165, 1.54) is 22.0 Å². The van der Waals surface area contributed by atoms with E-state index >= 15 is 0 Å². The molecule has 1 N–H and O–H groups in total. The molecule has 1 aliphatic rings. The number of aryl methyl sites for hydroxylation is 1. The van der Waals surface area contributed by atoms with Gasteiger partial charge in [-0.15, -0.1) is 0 Å². The summed E-state index contributed by atoms with van der Waals surface area (Å²) in [5.41, 5.74) is 1.93. The zero-order valence-corrected chi connectivity index (χ0v) is 17.5. The van der Waals surface area contributed by atoms with E-state index in [-0.39, 0.29) is 23.3 Å². The van der Waals surface area contributed by atoms with Crippen LogP contribution in [0.4, 0.5) is 5.69 Å². The van der Waals surface area contributed by atoms with Crippen LogP contribution < -0.4 is 5.32 Å². The van der Waals surface area contributed by atoms with E-state index in [0.29, 0.717) is 18.0 Å². The van der Waals surface area contributed by atoms with Gasteiger partial charge in [-0.3, -0.25) is 4.79 Å². The molecule has 2 aromatic rings. The molecule has 1 heterocycles. The maximum Gasteiger partial charge on any atom is 0.243 e. The van der Waals surface area contributed by atoms with Gasteiger partial charge in [0.2, 0.25) is 15.9 Å². The molecule has 150 valence electrons. The molecule has 28 heavy (non-hydrogen) atoms. The Bertz CT molecular complexity index is 912. The van der Waals surface area contributed by atoms with Crippen LogP contribution in [-0.4, -0.2) is 31.2 Å². The van der Waals surface area contributed by atoms with Crippen LogP contribution in [0.5, 0.6) is 0 Å². The molecule has 0 unspecified atom stereocenters. The number of nitrogens with zero attached hydrogens (tertiary/aromatic N) is 1. The quantitative estimate of drug-likeness (QED) is 0.749. The van der Waals surface area contributed by atoms with Crippen molar-refractivity contribution in [3.63, 3.8) is 0 Å². The highest BCUT2D eigenvalue weighted by molar-refractivity contribution is 7.89. The Morgan fingerprint density at radius 1 is 1.11 bits per heavy atom. The lowest BCUT2D eigenvalue weighted by molar-refractivity contribution is -0.117. The molecule has 0 saturated carbocycles. The van der Waals surface area contributed by atoms with E-state index in [9.17, 15) is 13.2 Å². The zero-order valence-electron chi connectivity index (χ0n) is 15.9. The third-order valence-electron chi connectivity index (χ3n) is 5.06. The number of halogens is 1. The van der Waals surface area contributed by atoms with Crippen molar-refractivity contribution in [3.05, 3.63) is 59.1 Å². The molecule has 1 amide bonds. The standard InChI is InChI=1S/C21H25ClN2O3S/c1-2-16-6-10-18(11-7-16)23-21(25)15-19-5-3-4-14-24(19)28(26,27)20-12-8-17(22)9-13-20/h6-13,19H,2-5,14-15H2,1H3,(H,23,25)/t19-/m0/s1. The summed E-state index contributed by atoms with van der Waals surface area (Å²) in [7, 11) is -3.66. The molecular weight excluding hydrogens is 396 g/mol. The number of piperidine rings is 1. The summed E-state index contributed by atoms with van der Waals surface area (Å²) >= 11 is 5.88. The van der Waals surface area contributed by atoms with Gasteiger partial charge in [0, 0.05) is 29.7 Å². The lowest BCUT2D eigenvalue weighted by atomic mass is 10.0. The second-order valence-electron chi connectivity index (χ2n) is 7.02. The van der Waals surface area contributed by atoms with Gasteiger partial charge >= 0.3 is 0 Å². The van der Waals surface area contributed by atoms with Crippen LogP contribution in [0.15, 0.2) is 53.4 Å². The topological polar surface area (TPSA) is 66.5 Å². The Kier molecular flexibility index (Phi) is 6.75. The molecule has 1 saturated heterocycles. The van der Waals surface area contributed by atoms with Gasteiger partial charge in [-0.2, -0.15) is 4.31 Å². The van der Waals surface area contributed by atoms with Crippen molar-refractivity contribution in [2.24, 2.45) is 0 Å². The normalized spacial score (nSPS) is 18.0. The predicted molar refractivity (Wildman–Crippen MR) is 112 cm³/mol. The van der Waals surface area contributed by atoms with Crippen LogP contribution in [0, 0.1) is 0 Å². The maximum absolute atomic E-state index is 13.1. The fourth-order valence-corrected chi connectivity index (χ4v) is 5.30. The number of rotatable bonds is 6. The number of benzene rings is 2. The molecule has 0 aliphatic carbocycles.